The molecule has 142 valence electrons. The minimum atomic E-state index is -0.691. The van der Waals surface area contributed by atoms with Crippen molar-refractivity contribution in [3.05, 3.63) is 40.4 Å². The number of amides is 1. The summed E-state index contributed by atoms with van der Waals surface area (Å²) in [5, 5.41) is 10.7. The molecular weight excluding hydrogens is 369 g/mol. The Morgan fingerprint density at radius 2 is 1.96 bits per heavy atom. The molecule has 1 aliphatic heterocycles. The first-order valence-electron chi connectivity index (χ1n) is 9.59. The summed E-state index contributed by atoms with van der Waals surface area (Å²) in [5.41, 5.74) is 0.227. The van der Waals surface area contributed by atoms with Gasteiger partial charge in [0.2, 0.25) is 0 Å². The highest BCUT2D eigenvalue weighted by molar-refractivity contribution is 6.30. The van der Waals surface area contributed by atoms with E-state index in [1.54, 1.807) is 0 Å². The molecule has 4 nitrogen and oxygen atoms in total. The first kappa shape index (κ1) is 17.2. The summed E-state index contributed by atoms with van der Waals surface area (Å²) in [6.45, 7) is 1.37. The number of hydrogen-bond acceptors (Lipinski definition) is 3. The molecule has 1 amide bonds. The first-order valence-corrected chi connectivity index (χ1v) is 9.97. The number of benzene rings is 1. The maximum Gasteiger partial charge on any atom is 0.294 e. The minimum Gasteiger partial charge on any atom is -0.503 e. The molecule has 1 heterocycles. The van der Waals surface area contributed by atoms with E-state index in [9.17, 15) is 19.1 Å². The van der Waals surface area contributed by atoms with Crippen molar-refractivity contribution in [1.29, 1.82) is 0 Å². The van der Waals surface area contributed by atoms with Crippen molar-refractivity contribution in [3.63, 3.8) is 0 Å². The normalized spacial score (nSPS) is 37.0. The molecule has 6 heteroatoms. The van der Waals surface area contributed by atoms with Crippen molar-refractivity contribution < 1.29 is 19.1 Å². The SMILES string of the molecule is CC(=O)C1=C(O)C(=O)N(c2ccc(Cl)cc2F)C1C1C2CC3CC(C2)C1C3. The van der Waals surface area contributed by atoms with Gasteiger partial charge in [0.15, 0.2) is 11.5 Å². The van der Waals surface area contributed by atoms with Crippen molar-refractivity contribution in [3.8, 4) is 0 Å². The van der Waals surface area contributed by atoms with E-state index in [-0.39, 0.29) is 28.0 Å². The van der Waals surface area contributed by atoms with Crippen molar-refractivity contribution in [2.45, 2.75) is 38.6 Å². The van der Waals surface area contributed by atoms with Crippen LogP contribution in [0.4, 0.5) is 10.1 Å². The van der Waals surface area contributed by atoms with Gasteiger partial charge in [-0.2, -0.15) is 0 Å². The molecule has 6 atom stereocenters. The lowest BCUT2D eigenvalue weighted by atomic mass is 9.70. The van der Waals surface area contributed by atoms with Crippen LogP contribution in [-0.4, -0.2) is 22.8 Å². The van der Waals surface area contributed by atoms with E-state index in [1.165, 1.54) is 30.4 Å². The van der Waals surface area contributed by atoms with E-state index in [2.05, 4.69) is 0 Å². The number of anilines is 1. The van der Waals surface area contributed by atoms with Crippen molar-refractivity contribution in [1.82, 2.24) is 0 Å². The highest BCUT2D eigenvalue weighted by Gasteiger charge is 2.60. The molecule has 4 saturated carbocycles. The molecule has 27 heavy (non-hydrogen) atoms. The van der Waals surface area contributed by atoms with Gasteiger partial charge < -0.3 is 5.11 Å². The zero-order valence-corrected chi connectivity index (χ0v) is 15.7. The maximum absolute atomic E-state index is 14.7. The number of hydrogen-bond donors (Lipinski definition) is 1. The summed E-state index contributed by atoms with van der Waals surface area (Å²) in [7, 11) is 0. The minimum absolute atomic E-state index is 0.0783. The summed E-state index contributed by atoms with van der Waals surface area (Å²) in [6.07, 6.45) is 4.54. The fourth-order valence-electron chi connectivity index (χ4n) is 6.58. The Bertz CT molecular complexity index is 893. The van der Waals surface area contributed by atoms with Gasteiger partial charge in [-0.1, -0.05) is 11.6 Å². The van der Waals surface area contributed by atoms with E-state index in [0.29, 0.717) is 17.8 Å². The van der Waals surface area contributed by atoms with E-state index in [1.807, 2.05) is 0 Å². The molecular formula is C21H21ClFNO3. The second-order valence-electron chi connectivity index (χ2n) is 8.60. The Kier molecular flexibility index (Phi) is 3.71. The molecule has 0 saturated heterocycles. The molecule has 0 radical (unpaired) electrons. The van der Waals surface area contributed by atoms with Crippen LogP contribution in [0, 0.1) is 35.4 Å². The molecule has 4 fully saturated rings. The monoisotopic (exact) mass is 389 g/mol. The molecule has 0 spiro atoms. The Hall–Kier alpha value is -1.88. The van der Waals surface area contributed by atoms with Crippen molar-refractivity contribution in [2.24, 2.45) is 29.6 Å². The smallest absolute Gasteiger partial charge is 0.294 e. The van der Waals surface area contributed by atoms with Crippen molar-refractivity contribution >= 4 is 29.0 Å². The molecule has 4 bridgehead atoms. The van der Waals surface area contributed by atoms with Crippen LogP contribution in [0.5, 0.6) is 0 Å². The van der Waals surface area contributed by atoms with Gasteiger partial charge in [-0.15, -0.1) is 0 Å². The van der Waals surface area contributed by atoms with Crippen LogP contribution in [-0.2, 0) is 9.59 Å². The number of Topliss-reactive ketones (excluding diaryl/α,β-unsaturated/α-hetero) is 1. The fraction of sp³-hybridized carbons (Fsp3) is 0.524. The van der Waals surface area contributed by atoms with Crippen molar-refractivity contribution in [2.75, 3.05) is 4.90 Å². The zero-order valence-electron chi connectivity index (χ0n) is 15.0. The third-order valence-electron chi connectivity index (χ3n) is 7.29. The van der Waals surface area contributed by atoms with Crippen LogP contribution < -0.4 is 4.90 Å². The number of carbonyl (C=O) groups excluding carboxylic acids is 2. The third-order valence-corrected chi connectivity index (χ3v) is 7.53. The van der Waals surface area contributed by atoms with E-state index >= 15 is 0 Å². The maximum atomic E-state index is 14.7. The van der Waals surface area contributed by atoms with Gasteiger partial charge in [0.25, 0.3) is 5.91 Å². The molecule has 1 aromatic rings. The number of aliphatic hydroxyl groups is 1. The van der Waals surface area contributed by atoms with E-state index < -0.39 is 23.5 Å². The van der Waals surface area contributed by atoms with Gasteiger partial charge in [-0.25, -0.2) is 4.39 Å². The number of nitrogens with zero attached hydrogens (tertiary/aromatic N) is 1. The van der Waals surface area contributed by atoms with Crippen LogP contribution in [0.15, 0.2) is 29.5 Å². The number of aliphatic hydroxyl groups excluding tert-OH is 1. The summed E-state index contributed by atoms with van der Waals surface area (Å²) >= 11 is 5.88. The van der Waals surface area contributed by atoms with Gasteiger partial charge in [-0.3, -0.25) is 14.5 Å². The van der Waals surface area contributed by atoms with Crippen LogP contribution in [0.3, 0.4) is 0 Å². The largest absolute Gasteiger partial charge is 0.503 e. The Morgan fingerprint density at radius 3 is 2.63 bits per heavy atom. The second kappa shape index (κ2) is 5.81. The Morgan fingerprint density at radius 1 is 1.22 bits per heavy atom. The van der Waals surface area contributed by atoms with Crippen LogP contribution in [0.25, 0.3) is 0 Å². The lowest BCUT2D eigenvalue weighted by molar-refractivity contribution is -0.117. The number of rotatable bonds is 3. The average Bonchev–Trinajstić information content (AvgIpc) is 3.12. The molecule has 6 rings (SSSR count). The molecule has 5 aliphatic rings. The first-order chi connectivity index (χ1) is 12.9. The molecule has 4 aliphatic carbocycles. The molecule has 6 unspecified atom stereocenters. The topological polar surface area (TPSA) is 57.6 Å². The second-order valence-corrected chi connectivity index (χ2v) is 9.04. The van der Waals surface area contributed by atoms with Gasteiger partial charge in [0, 0.05) is 5.02 Å². The van der Waals surface area contributed by atoms with Crippen LogP contribution in [0.1, 0.15) is 32.6 Å². The number of carbonyl (C=O) groups is 2. The molecule has 1 N–H and O–H groups in total. The van der Waals surface area contributed by atoms with Gasteiger partial charge in [0.05, 0.1) is 17.3 Å². The Labute approximate surface area is 162 Å². The predicted octanol–water partition coefficient (Wildman–Crippen LogP) is 4.28. The fourth-order valence-corrected chi connectivity index (χ4v) is 6.74. The lowest BCUT2D eigenvalue weighted by Gasteiger charge is -2.40. The average molecular weight is 390 g/mol. The molecule has 0 aromatic heterocycles. The van der Waals surface area contributed by atoms with Gasteiger partial charge in [-0.05, 0) is 80.4 Å². The Balaban J connectivity index is 1.64. The van der Waals surface area contributed by atoms with Crippen LogP contribution in [0.2, 0.25) is 5.02 Å². The van der Waals surface area contributed by atoms with Gasteiger partial charge >= 0.3 is 0 Å². The summed E-state index contributed by atoms with van der Waals surface area (Å²) in [6, 6.07) is 3.56. The van der Waals surface area contributed by atoms with Gasteiger partial charge in [0.1, 0.15) is 5.82 Å². The zero-order chi connectivity index (χ0) is 19.0. The predicted molar refractivity (Wildman–Crippen MR) is 98.9 cm³/mol. The molecule has 1 aromatic carbocycles. The standard InChI is InChI=1S/C21H21ClFNO3/c1-9(25)17-19(18-12-5-10-4-11(7-12)14(18)6-10)24(21(27)20(17)26)16-3-2-13(22)8-15(16)23/h2-3,8,10-12,14,18-19,26H,4-7H2,1H3. The quantitative estimate of drug-likeness (QED) is 0.839. The van der Waals surface area contributed by atoms with Crippen LogP contribution >= 0.6 is 11.6 Å². The number of ketones is 1. The highest BCUT2D eigenvalue weighted by atomic mass is 35.5. The third kappa shape index (κ3) is 2.33. The summed E-state index contributed by atoms with van der Waals surface area (Å²) in [4.78, 5) is 26.6. The van der Waals surface area contributed by atoms with E-state index in [0.717, 1.165) is 31.2 Å². The highest BCUT2D eigenvalue weighted by Crippen LogP contribution is 2.63. The summed E-state index contributed by atoms with van der Waals surface area (Å²) < 4.78 is 14.7. The number of halogens is 2. The summed E-state index contributed by atoms with van der Waals surface area (Å²) in [5.74, 6) is 0.158. The lowest BCUT2D eigenvalue weighted by Crippen LogP contribution is -2.46. The van der Waals surface area contributed by atoms with E-state index in [4.69, 9.17) is 11.6 Å².